The van der Waals surface area contributed by atoms with Gasteiger partial charge in [-0.3, -0.25) is 4.90 Å². The van der Waals surface area contributed by atoms with Crippen LogP contribution in [0, 0.1) is 5.92 Å². The molecule has 1 aromatic carbocycles. The zero-order chi connectivity index (χ0) is 18.4. The Bertz CT molecular complexity index is 610. The van der Waals surface area contributed by atoms with Gasteiger partial charge in [0.05, 0.1) is 21.3 Å². The van der Waals surface area contributed by atoms with E-state index in [0.29, 0.717) is 5.75 Å². The number of hydrogen-bond donors (Lipinski definition) is 0. The van der Waals surface area contributed by atoms with Gasteiger partial charge in [-0.05, 0) is 31.2 Å². The molecule has 5 nitrogen and oxygen atoms in total. The van der Waals surface area contributed by atoms with Gasteiger partial charge in [0.1, 0.15) is 5.75 Å². The average molecular weight is 360 g/mol. The van der Waals surface area contributed by atoms with Crippen molar-refractivity contribution in [2.45, 2.75) is 25.8 Å². The molecule has 0 amide bonds. The van der Waals surface area contributed by atoms with Crippen molar-refractivity contribution in [3.05, 3.63) is 29.8 Å². The zero-order valence-corrected chi connectivity index (χ0v) is 16.4. The van der Waals surface area contributed by atoms with E-state index >= 15 is 0 Å². The molecule has 0 spiro atoms. The third kappa shape index (κ3) is 4.71. The maximum Gasteiger partial charge on any atom is 0.164 e. The largest absolute Gasteiger partial charge is 0.496 e. The van der Waals surface area contributed by atoms with Gasteiger partial charge in [0, 0.05) is 50.9 Å². The molecular weight excluding hydrogens is 328 g/mol. The molecule has 3 rings (SSSR count). The molecule has 5 heteroatoms. The predicted molar refractivity (Wildman–Crippen MR) is 104 cm³/mol. The fourth-order valence-corrected chi connectivity index (χ4v) is 3.97. The summed E-state index contributed by atoms with van der Waals surface area (Å²) >= 11 is 0. The minimum Gasteiger partial charge on any atom is -0.496 e. The van der Waals surface area contributed by atoms with Crippen molar-refractivity contribution in [2.24, 2.45) is 5.92 Å². The van der Waals surface area contributed by atoms with Crippen molar-refractivity contribution < 1.29 is 14.2 Å². The lowest BCUT2D eigenvalue weighted by atomic mass is 9.94. The standard InChI is InChI=1S/C21H32N2O3/c1-24-19-14-21(26-3)20(25-2)13-18(19)16-23-11-9-22(10-12-23)15-17-7-5-4-6-8-17/h4-5,13-14,17H,6-12,15-16H2,1-3H3. The summed E-state index contributed by atoms with van der Waals surface area (Å²) in [6, 6.07) is 3.96. The van der Waals surface area contributed by atoms with Crippen molar-refractivity contribution in [2.75, 3.05) is 54.1 Å². The summed E-state index contributed by atoms with van der Waals surface area (Å²) < 4.78 is 16.4. The topological polar surface area (TPSA) is 34.2 Å². The van der Waals surface area contributed by atoms with Crippen LogP contribution < -0.4 is 14.2 Å². The maximum absolute atomic E-state index is 5.57. The third-order valence-electron chi connectivity index (χ3n) is 5.54. The Kier molecular flexibility index (Phi) is 6.80. The molecule has 1 heterocycles. The molecule has 26 heavy (non-hydrogen) atoms. The Morgan fingerprint density at radius 1 is 0.846 bits per heavy atom. The summed E-state index contributed by atoms with van der Waals surface area (Å²) in [5.74, 6) is 3.17. The molecule has 1 saturated heterocycles. The van der Waals surface area contributed by atoms with Gasteiger partial charge < -0.3 is 19.1 Å². The van der Waals surface area contributed by atoms with Crippen LogP contribution in [0.15, 0.2) is 24.3 Å². The Morgan fingerprint density at radius 3 is 2.12 bits per heavy atom. The number of hydrogen-bond acceptors (Lipinski definition) is 5. The highest BCUT2D eigenvalue weighted by molar-refractivity contribution is 5.50. The van der Waals surface area contributed by atoms with Crippen LogP contribution in [0.3, 0.4) is 0 Å². The smallest absolute Gasteiger partial charge is 0.164 e. The van der Waals surface area contributed by atoms with Crippen molar-refractivity contribution in [1.82, 2.24) is 9.80 Å². The van der Waals surface area contributed by atoms with Gasteiger partial charge in [-0.2, -0.15) is 0 Å². The van der Waals surface area contributed by atoms with Crippen molar-refractivity contribution in [3.63, 3.8) is 0 Å². The van der Waals surface area contributed by atoms with Crippen LogP contribution in [-0.4, -0.2) is 63.9 Å². The normalized spacial score (nSPS) is 21.6. The number of piperazine rings is 1. The van der Waals surface area contributed by atoms with Crippen LogP contribution in [0.25, 0.3) is 0 Å². The van der Waals surface area contributed by atoms with E-state index in [-0.39, 0.29) is 0 Å². The Balaban J connectivity index is 1.56. The minimum absolute atomic E-state index is 0.708. The maximum atomic E-state index is 5.57. The van der Waals surface area contributed by atoms with Crippen molar-refractivity contribution in [1.29, 1.82) is 0 Å². The summed E-state index contributed by atoms with van der Waals surface area (Å²) in [7, 11) is 5.03. The lowest BCUT2D eigenvalue weighted by Crippen LogP contribution is -2.47. The fraction of sp³-hybridized carbons (Fsp3) is 0.619. The molecule has 1 unspecified atom stereocenters. The molecule has 2 aliphatic rings. The number of allylic oxidation sites excluding steroid dienone is 2. The molecular formula is C21H32N2O3. The predicted octanol–water partition coefficient (Wildman–Crippen LogP) is 3.19. The monoisotopic (exact) mass is 360 g/mol. The number of rotatable bonds is 7. The summed E-state index contributed by atoms with van der Waals surface area (Å²) in [4.78, 5) is 5.13. The quantitative estimate of drug-likeness (QED) is 0.698. The Hall–Kier alpha value is -1.72. The van der Waals surface area contributed by atoms with Crippen molar-refractivity contribution >= 4 is 0 Å². The van der Waals surface area contributed by atoms with Gasteiger partial charge in [-0.25, -0.2) is 0 Å². The molecule has 0 saturated carbocycles. The highest BCUT2D eigenvalue weighted by atomic mass is 16.5. The highest BCUT2D eigenvalue weighted by Gasteiger charge is 2.22. The fourth-order valence-electron chi connectivity index (χ4n) is 3.97. The van der Waals surface area contributed by atoms with E-state index in [9.17, 15) is 0 Å². The lowest BCUT2D eigenvalue weighted by molar-refractivity contribution is 0.110. The van der Waals surface area contributed by atoms with Gasteiger partial charge in [-0.15, -0.1) is 0 Å². The number of ether oxygens (including phenoxy) is 3. The number of benzene rings is 1. The van der Waals surface area contributed by atoms with Gasteiger partial charge in [0.25, 0.3) is 0 Å². The second-order valence-corrected chi connectivity index (χ2v) is 7.25. The van der Waals surface area contributed by atoms with Gasteiger partial charge in [0.2, 0.25) is 0 Å². The molecule has 1 aliphatic carbocycles. The summed E-state index contributed by atoms with van der Waals surface area (Å²) in [5.41, 5.74) is 1.15. The first-order chi connectivity index (χ1) is 12.7. The Morgan fingerprint density at radius 2 is 1.50 bits per heavy atom. The molecule has 0 radical (unpaired) electrons. The molecule has 0 bridgehead atoms. The first-order valence-corrected chi connectivity index (χ1v) is 9.62. The first-order valence-electron chi connectivity index (χ1n) is 9.62. The summed E-state index contributed by atoms with van der Waals surface area (Å²) in [6.07, 6.45) is 8.53. The summed E-state index contributed by atoms with van der Waals surface area (Å²) in [6.45, 7) is 6.62. The van der Waals surface area contributed by atoms with E-state index in [0.717, 1.165) is 55.7 Å². The second kappa shape index (κ2) is 9.28. The lowest BCUT2D eigenvalue weighted by Gasteiger charge is -2.37. The molecule has 1 atom stereocenters. The number of methoxy groups -OCH3 is 3. The van der Waals surface area contributed by atoms with E-state index in [1.165, 1.54) is 25.8 Å². The first kappa shape index (κ1) is 19.1. The molecule has 0 N–H and O–H groups in total. The molecule has 1 aliphatic heterocycles. The number of nitrogens with zero attached hydrogens (tertiary/aromatic N) is 2. The van der Waals surface area contributed by atoms with E-state index < -0.39 is 0 Å². The van der Waals surface area contributed by atoms with E-state index in [1.807, 2.05) is 12.1 Å². The van der Waals surface area contributed by atoms with Crippen LogP contribution in [0.1, 0.15) is 24.8 Å². The summed E-state index contributed by atoms with van der Waals surface area (Å²) in [5, 5.41) is 0. The van der Waals surface area contributed by atoms with Crippen molar-refractivity contribution in [3.8, 4) is 17.2 Å². The Labute approximate surface area is 157 Å². The molecule has 1 fully saturated rings. The van der Waals surface area contributed by atoms with Crippen LogP contribution in [-0.2, 0) is 6.54 Å². The minimum atomic E-state index is 0.708. The average Bonchev–Trinajstić information content (AvgIpc) is 2.70. The highest BCUT2D eigenvalue weighted by Crippen LogP contribution is 2.35. The van der Waals surface area contributed by atoms with Gasteiger partial charge in [-0.1, -0.05) is 12.2 Å². The molecule has 0 aromatic heterocycles. The van der Waals surface area contributed by atoms with Gasteiger partial charge >= 0.3 is 0 Å². The third-order valence-corrected chi connectivity index (χ3v) is 5.54. The van der Waals surface area contributed by atoms with E-state index in [2.05, 4.69) is 22.0 Å². The van der Waals surface area contributed by atoms with Crippen LogP contribution in [0.4, 0.5) is 0 Å². The van der Waals surface area contributed by atoms with Crippen LogP contribution in [0.5, 0.6) is 17.2 Å². The SMILES string of the molecule is COc1cc(OC)c(OC)cc1CN1CCN(CC2CC=CCC2)CC1. The molecule has 1 aromatic rings. The van der Waals surface area contributed by atoms with Crippen LogP contribution >= 0.6 is 0 Å². The van der Waals surface area contributed by atoms with Crippen LogP contribution in [0.2, 0.25) is 0 Å². The second-order valence-electron chi connectivity index (χ2n) is 7.25. The zero-order valence-electron chi connectivity index (χ0n) is 16.4. The van der Waals surface area contributed by atoms with E-state index in [4.69, 9.17) is 14.2 Å². The van der Waals surface area contributed by atoms with E-state index in [1.54, 1.807) is 21.3 Å². The van der Waals surface area contributed by atoms with Gasteiger partial charge in [0.15, 0.2) is 11.5 Å². The molecule has 144 valence electrons.